The van der Waals surface area contributed by atoms with Crippen molar-refractivity contribution in [1.82, 2.24) is 19.9 Å². The van der Waals surface area contributed by atoms with E-state index >= 15 is 0 Å². The molecular weight excluding hydrogens is 388 g/mol. The minimum Gasteiger partial charge on any atom is -0.348 e. The van der Waals surface area contributed by atoms with Gasteiger partial charge in [0.15, 0.2) is 0 Å². The van der Waals surface area contributed by atoms with Gasteiger partial charge in [0.2, 0.25) is 11.9 Å². The van der Waals surface area contributed by atoms with Crippen LogP contribution in [0.2, 0.25) is 0 Å². The maximum absolute atomic E-state index is 12.9. The van der Waals surface area contributed by atoms with Crippen LogP contribution in [0.3, 0.4) is 0 Å². The zero-order valence-corrected chi connectivity index (χ0v) is 16.7. The summed E-state index contributed by atoms with van der Waals surface area (Å²) in [5, 5.41) is 12.6. The molecule has 150 valence electrons. The first-order valence-electron chi connectivity index (χ1n) is 9.76. The van der Waals surface area contributed by atoms with Crippen LogP contribution in [0.25, 0.3) is 11.0 Å². The molecule has 4 N–H and O–H groups in total. The number of nitrogens with one attached hydrogen (secondary N) is 2. The molecule has 1 spiro atoms. The van der Waals surface area contributed by atoms with Crippen molar-refractivity contribution in [2.45, 2.75) is 49.1 Å². The van der Waals surface area contributed by atoms with Crippen LogP contribution in [0, 0.1) is 0 Å². The average Bonchev–Trinajstić information content (AvgIpc) is 3.11. The van der Waals surface area contributed by atoms with Crippen LogP contribution >= 0.6 is 0 Å². The molecule has 1 aromatic carbocycles. The molecule has 1 amide bonds. The van der Waals surface area contributed by atoms with E-state index in [2.05, 4.69) is 26.3 Å². The molecule has 29 heavy (non-hydrogen) atoms. The number of carbonyl (C=O) groups is 1. The van der Waals surface area contributed by atoms with Gasteiger partial charge < -0.3 is 15.2 Å². The van der Waals surface area contributed by atoms with Crippen LogP contribution in [-0.4, -0.2) is 24.7 Å². The normalized spacial score (nSPS) is 19.0. The van der Waals surface area contributed by atoms with Crippen molar-refractivity contribution in [2.24, 2.45) is 5.14 Å². The van der Waals surface area contributed by atoms with Crippen molar-refractivity contribution in [3.63, 3.8) is 0 Å². The fourth-order valence-electron chi connectivity index (χ4n) is 4.54. The Bertz CT molecular complexity index is 1120. The van der Waals surface area contributed by atoms with Crippen LogP contribution in [0.5, 0.6) is 0 Å². The first-order valence-corrected chi connectivity index (χ1v) is 11.0. The Kier molecular flexibility index (Phi) is 4.36. The molecule has 3 aromatic rings. The van der Waals surface area contributed by atoms with Crippen molar-refractivity contribution in [1.29, 1.82) is 0 Å². The Hall–Kier alpha value is -2.78. The molecule has 1 aliphatic carbocycles. The van der Waals surface area contributed by atoms with Crippen LogP contribution in [0.15, 0.2) is 41.4 Å². The Morgan fingerprint density at radius 1 is 1.17 bits per heavy atom. The number of fused-ring (bicyclic) bond motifs is 4. The molecule has 0 bridgehead atoms. The summed E-state index contributed by atoms with van der Waals surface area (Å²) in [6, 6.07) is 9.06. The van der Waals surface area contributed by atoms with Gasteiger partial charge in [-0.05, 0) is 43.2 Å². The molecule has 9 heteroatoms. The highest BCUT2D eigenvalue weighted by molar-refractivity contribution is 7.82. The van der Waals surface area contributed by atoms with Gasteiger partial charge in [-0.25, -0.2) is 14.3 Å². The van der Waals surface area contributed by atoms with E-state index in [1.807, 2.05) is 0 Å². The van der Waals surface area contributed by atoms with Crippen molar-refractivity contribution >= 4 is 39.6 Å². The van der Waals surface area contributed by atoms with E-state index in [0.717, 1.165) is 54.5 Å². The Labute approximate surface area is 170 Å². The molecular formula is C20H22N6O2S. The predicted molar refractivity (Wildman–Crippen MR) is 111 cm³/mol. The van der Waals surface area contributed by atoms with Gasteiger partial charge in [-0.3, -0.25) is 4.79 Å². The largest absolute Gasteiger partial charge is 0.348 e. The van der Waals surface area contributed by atoms with Gasteiger partial charge in [0.1, 0.15) is 22.2 Å². The van der Waals surface area contributed by atoms with E-state index in [1.54, 1.807) is 30.5 Å². The highest BCUT2D eigenvalue weighted by Crippen LogP contribution is 2.41. The number of hydrogen-bond acceptors (Lipinski definition) is 5. The molecule has 3 heterocycles. The first-order chi connectivity index (χ1) is 14.1. The quantitative estimate of drug-likeness (QED) is 0.613. The maximum Gasteiger partial charge on any atom is 0.246 e. The minimum atomic E-state index is -1.51. The molecule has 2 aliphatic rings. The number of benzene rings is 1. The van der Waals surface area contributed by atoms with Crippen molar-refractivity contribution < 1.29 is 9.00 Å². The zero-order chi connectivity index (χ0) is 20.0. The molecule has 8 nitrogen and oxygen atoms in total. The maximum atomic E-state index is 12.9. The van der Waals surface area contributed by atoms with Crippen molar-refractivity contribution in [2.75, 3.05) is 5.32 Å². The third-order valence-electron chi connectivity index (χ3n) is 5.92. The summed E-state index contributed by atoms with van der Waals surface area (Å²) in [7, 11) is -1.51. The first kappa shape index (κ1) is 18.3. The minimum absolute atomic E-state index is 0.0979. The van der Waals surface area contributed by atoms with Crippen LogP contribution in [-0.2, 0) is 27.9 Å². The number of carbonyl (C=O) groups excluding carboxylic acids is 1. The van der Waals surface area contributed by atoms with Crippen LogP contribution < -0.4 is 15.8 Å². The van der Waals surface area contributed by atoms with Crippen molar-refractivity contribution in [3.8, 4) is 0 Å². The SMILES string of the molecule is NS(=O)c1ccc(Nc2ncc3cc4n(c3n2)C2(CCCCC2)C(=O)NC4)cc1. The van der Waals surface area contributed by atoms with Crippen molar-refractivity contribution in [3.05, 3.63) is 42.2 Å². The summed E-state index contributed by atoms with van der Waals surface area (Å²) in [5.74, 6) is 0.553. The molecule has 0 radical (unpaired) electrons. The molecule has 1 atom stereocenters. The van der Waals surface area contributed by atoms with Gasteiger partial charge in [0.25, 0.3) is 0 Å². The molecule has 1 fully saturated rings. The fraction of sp³-hybridized carbons (Fsp3) is 0.350. The molecule has 2 aromatic heterocycles. The topological polar surface area (TPSA) is 115 Å². The van der Waals surface area contributed by atoms with E-state index in [9.17, 15) is 9.00 Å². The number of nitrogens with two attached hydrogens (primary N) is 1. The van der Waals surface area contributed by atoms with E-state index < -0.39 is 16.5 Å². The Balaban J connectivity index is 1.55. The lowest BCUT2D eigenvalue weighted by molar-refractivity contribution is -0.133. The summed E-state index contributed by atoms with van der Waals surface area (Å²) >= 11 is 0. The lowest BCUT2D eigenvalue weighted by Crippen LogP contribution is -2.54. The Morgan fingerprint density at radius 3 is 2.66 bits per heavy atom. The third-order valence-corrected chi connectivity index (χ3v) is 6.66. The molecule has 5 rings (SSSR count). The van der Waals surface area contributed by atoms with Gasteiger partial charge in [-0.15, -0.1) is 0 Å². The van der Waals surface area contributed by atoms with Crippen LogP contribution in [0.1, 0.15) is 37.8 Å². The van der Waals surface area contributed by atoms with Gasteiger partial charge in [0.05, 0.1) is 11.4 Å². The van der Waals surface area contributed by atoms with E-state index in [-0.39, 0.29) is 5.91 Å². The third kappa shape index (κ3) is 3.01. The standard InChI is InChI=1S/C20H22N6O2S/c21-29(28)16-6-4-14(5-7-16)24-19-23-11-13-10-15-12-22-18(27)20(8-2-1-3-9-20)26(15)17(13)25-19/h4-7,10-11H,1-3,8-9,12,21H2,(H,22,27)(H,23,24,25). The summed E-state index contributed by atoms with van der Waals surface area (Å²) in [6.07, 6.45) is 6.70. The lowest BCUT2D eigenvalue weighted by Gasteiger charge is -2.41. The van der Waals surface area contributed by atoms with Gasteiger partial charge >= 0.3 is 0 Å². The predicted octanol–water partition coefficient (Wildman–Crippen LogP) is 2.45. The number of amides is 1. The molecule has 1 saturated carbocycles. The molecule has 1 unspecified atom stereocenters. The van der Waals surface area contributed by atoms with E-state index in [4.69, 9.17) is 10.1 Å². The smallest absolute Gasteiger partial charge is 0.246 e. The average molecular weight is 411 g/mol. The van der Waals surface area contributed by atoms with Gasteiger partial charge in [-0.2, -0.15) is 4.98 Å². The van der Waals surface area contributed by atoms with Gasteiger partial charge in [0, 0.05) is 23.0 Å². The monoisotopic (exact) mass is 410 g/mol. The fourth-order valence-corrected chi connectivity index (χ4v) is 4.94. The summed E-state index contributed by atoms with van der Waals surface area (Å²) in [4.78, 5) is 22.7. The molecule has 0 saturated heterocycles. The van der Waals surface area contributed by atoms with Gasteiger partial charge in [-0.1, -0.05) is 19.3 Å². The summed E-state index contributed by atoms with van der Waals surface area (Å²) in [6.45, 7) is 0.511. The Morgan fingerprint density at radius 2 is 1.93 bits per heavy atom. The highest BCUT2D eigenvalue weighted by atomic mass is 32.2. The molecule has 1 aliphatic heterocycles. The van der Waals surface area contributed by atoms with E-state index in [0.29, 0.717) is 17.4 Å². The number of aromatic nitrogens is 3. The second-order valence-corrected chi connectivity index (χ2v) is 8.73. The highest BCUT2D eigenvalue weighted by Gasteiger charge is 2.45. The number of anilines is 2. The van der Waals surface area contributed by atoms with E-state index in [1.165, 1.54) is 0 Å². The number of nitrogens with zero attached hydrogens (tertiary/aromatic N) is 3. The number of hydrogen-bond donors (Lipinski definition) is 3. The summed E-state index contributed by atoms with van der Waals surface area (Å²) in [5.41, 5.74) is 2.08. The number of rotatable bonds is 3. The lowest BCUT2D eigenvalue weighted by atomic mass is 9.79. The summed E-state index contributed by atoms with van der Waals surface area (Å²) < 4.78 is 13.5. The zero-order valence-electron chi connectivity index (χ0n) is 15.9. The second kappa shape index (κ2) is 6.93. The second-order valence-electron chi connectivity index (χ2n) is 7.67. The van der Waals surface area contributed by atoms with Crippen LogP contribution in [0.4, 0.5) is 11.6 Å².